The molecule has 0 radical (unpaired) electrons. The van der Waals surface area contributed by atoms with Gasteiger partial charge in [-0.05, 0) is 12.3 Å². The van der Waals surface area contributed by atoms with Crippen LogP contribution in [0.15, 0.2) is 5.10 Å². The molecule has 0 unspecified atom stereocenters. The average Bonchev–Trinajstić information content (AvgIpc) is 1.80. The van der Waals surface area contributed by atoms with Crippen molar-refractivity contribution >= 4 is 6.21 Å². The molecular weight excluding hydrogens is 112 g/mol. The molecule has 0 aliphatic heterocycles. The van der Waals surface area contributed by atoms with Gasteiger partial charge in [0.2, 0.25) is 0 Å². The van der Waals surface area contributed by atoms with Crippen molar-refractivity contribution in [3.63, 3.8) is 0 Å². The van der Waals surface area contributed by atoms with Gasteiger partial charge in [0, 0.05) is 12.8 Å². The predicted octanol–water partition coefficient (Wildman–Crippen LogP) is 1.63. The Bertz CT molecular complexity index is 77.0. The minimum atomic E-state index is 0.550. The first-order chi connectivity index (χ1) is 4.27. The first-order valence-electron chi connectivity index (χ1n) is 3.53. The van der Waals surface area contributed by atoms with Crippen molar-refractivity contribution in [2.75, 3.05) is 6.54 Å². The van der Waals surface area contributed by atoms with Gasteiger partial charge in [-0.2, -0.15) is 5.10 Å². The molecule has 0 saturated heterocycles. The van der Waals surface area contributed by atoms with Crippen LogP contribution in [0.2, 0.25) is 0 Å². The van der Waals surface area contributed by atoms with Gasteiger partial charge < -0.3 is 5.43 Å². The summed E-state index contributed by atoms with van der Waals surface area (Å²) in [5.41, 5.74) is 2.94. The molecule has 0 aromatic heterocycles. The molecule has 0 saturated carbocycles. The summed E-state index contributed by atoms with van der Waals surface area (Å²) < 4.78 is 0. The van der Waals surface area contributed by atoms with Crippen LogP contribution < -0.4 is 5.43 Å². The minimum absolute atomic E-state index is 0.550. The number of hydrazone groups is 1. The van der Waals surface area contributed by atoms with Crippen molar-refractivity contribution in [1.29, 1.82) is 0 Å². The molecule has 0 heterocycles. The minimum Gasteiger partial charge on any atom is -0.310 e. The highest BCUT2D eigenvalue weighted by atomic mass is 15.3. The molecule has 54 valence electrons. The lowest BCUT2D eigenvalue weighted by Gasteiger charge is -1.95. The van der Waals surface area contributed by atoms with E-state index in [1.54, 1.807) is 0 Å². The van der Waals surface area contributed by atoms with Crippen molar-refractivity contribution in [2.24, 2.45) is 11.0 Å². The van der Waals surface area contributed by atoms with Crippen LogP contribution in [0.1, 0.15) is 27.2 Å². The zero-order valence-corrected chi connectivity index (χ0v) is 6.52. The second-order valence-corrected chi connectivity index (χ2v) is 2.43. The predicted molar refractivity (Wildman–Crippen MR) is 41.6 cm³/mol. The third kappa shape index (κ3) is 7.47. The molecule has 0 aliphatic rings. The Morgan fingerprint density at radius 2 is 2.22 bits per heavy atom. The second kappa shape index (κ2) is 5.60. The van der Waals surface area contributed by atoms with Crippen LogP contribution in [-0.4, -0.2) is 12.8 Å². The number of hydrogen-bond donors (Lipinski definition) is 1. The van der Waals surface area contributed by atoms with Gasteiger partial charge in [0.05, 0.1) is 0 Å². The highest BCUT2D eigenvalue weighted by Gasteiger charge is 1.81. The van der Waals surface area contributed by atoms with Crippen LogP contribution in [0.4, 0.5) is 0 Å². The quantitative estimate of drug-likeness (QED) is 0.347. The van der Waals surface area contributed by atoms with E-state index in [-0.39, 0.29) is 0 Å². The fourth-order valence-corrected chi connectivity index (χ4v) is 0.378. The summed E-state index contributed by atoms with van der Waals surface area (Å²) >= 11 is 0. The summed E-state index contributed by atoms with van der Waals surface area (Å²) in [6.07, 6.45) is 3.05. The van der Waals surface area contributed by atoms with Gasteiger partial charge in [-0.1, -0.05) is 20.8 Å². The maximum absolute atomic E-state index is 3.99. The third-order valence-corrected chi connectivity index (χ3v) is 0.826. The van der Waals surface area contributed by atoms with Gasteiger partial charge in [-0.15, -0.1) is 0 Å². The van der Waals surface area contributed by atoms with Crippen LogP contribution in [-0.2, 0) is 0 Å². The topological polar surface area (TPSA) is 24.4 Å². The van der Waals surface area contributed by atoms with E-state index >= 15 is 0 Å². The van der Waals surface area contributed by atoms with Crippen molar-refractivity contribution in [1.82, 2.24) is 5.43 Å². The SMILES string of the molecule is CCCN/N=C\C(C)C. The molecule has 0 amide bonds. The molecule has 0 fully saturated rings. The zero-order chi connectivity index (χ0) is 7.11. The zero-order valence-electron chi connectivity index (χ0n) is 6.52. The standard InChI is InChI=1S/C7H16N2/c1-4-5-8-9-6-7(2)3/h6-8H,4-5H2,1-3H3/b9-6-. The molecule has 2 heteroatoms. The van der Waals surface area contributed by atoms with Crippen LogP contribution >= 0.6 is 0 Å². The van der Waals surface area contributed by atoms with Gasteiger partial charge in [0.15, 0.2) is 0 Å². The van der Waals surface area contributed by atoms with E-state index in [2.05, 4.69) is 31.3 Å². The van der Waals surface area contributed by atoms with E-state index in [1.807, 2.05) is 6.21 Å². The Kier molecular flexibility index (Phi) is 5.27. The molecule has 0 spiro atoms. The lowest BCUT2D eigenvalue weighted by Crippen LogP contribution is -2.07. The summed E-state index contributed by atoms with van der Waals surface area (Å²) in [4.78, 5) is 0. The maximum Gasteiger partial charge on any atom is 0.0326 e. The molecule has 1 N–H and O–H groups in total. The smallest absolute Gasteiger partial charge is 0.0326 e. The van der Waals surface area contributed by atoms with Crippen LogP contribution in [0.5, 0.6) is 0 Å². The van der Waals surface area contributed by atoms with Gasteiger partial charge in [0.25, 0.3) is 0 Å². The molecule has 9 heavy (non-hydrogen) atoms. The van der Waals surface area contributed by atoms with Gasteiger partial charge in [0.1, 0.15) is 0 Å². The summed E-state index contributed by atoms with van der Waals surface area (Å²) in [5, 5.41) is 3.99. The van der Waals surface area contributed by atoms with Gasteiger partial charge >= 0.3 is 0 Å². The average molecular weight is 128 g/mol. The lowest BCUT2D eigenvalue weighted by atomic mass is 10.3. The molecule has 0 aliphatic carbocycles. The maximum atomic E-state index is 3.99. The third-order valence-electron chi connectivity index (χ3n) is 0.826. The fraction of sp³-hybridized carbons (Fsp3) is 0.857. The summed E-state index contributed by atoms with van der Waals surface area (Å²) in [5.74, 6) is 0.550. The van der Waals surface area contributed by atoms with E-state index < -0.39 is 0 Å². The Morgan fingerprint density at radius 3 is 2.67 bits per heavy atom. The van der Waals surface area contributed by atoms with Crippen molar-refractivity contribution in [3.05, 3.63) is 0 Å². The van der Waals surface area contributed by atoms with E-state index in [0.717, 1.165) is 13.0 Å². The number of hydrogen-bond acceptors (Lipinski definition) is 2. The Labute approximate surface area is 57.3 Å². The molecule has 0 atom stereocenters. The van der Waals surface area contributed by atoms with Crippen molar-refractivity contribution in [3.8, 4) is 0 Å². The van der Waals surface area contributed by atoms with Crippen LogP contribution in [0.3, 0.4) is 0 Å². The fourth-order valence-electron chi connectivity index (χ4n) is 0.378. The largest absolute Gasteiger partial charge is 0.310 e. The van der Waals surface area contributed by atoms with E-state index in [0.29, 0.717) is 5.92 Å². The molecule has 0 rings (SSSR count). The molecule has 0 aromatic carbocycles. The summed E-state index contributed by atoms with van der Waals surface area (Å²) in [6, 6.07) is 0. The van der Waals surface area contributed by atoms with Crippen LogP contribution in [0.25, 0.3) is 0 Å². The van der Waals surface area contributed by atoms with E-state index in [1.165, 1.54) is 0 Å². The Hall–Kier alpha value is -0.530. The van der Waals surface area contributed by atoms with E-state index in [4.69, 9.17) is 0 Å². The first kappa shape index (κ1) is 8.47. The molecular formula is C7H16N2. The molecule has 2 nitrogen and oxygen atoms in total. The highest BCUT2D eigenvalue weighted by Crippen LogP contribution is 1.82. The van der Waals surface area contributed by atoms with Gasteiger partial charge in [-0.3, -0.25) is 0 Å². The van der Waals surface area contributed by atoms with Gasteiger partial charge in [-0.25, -0.2) is 0 Å². The molecule has 0 bridgehead atoms. The normalized spacial score (nSPS) is 11.1. The summed E-state index contributed by atoms with van der Waals surface area (Å²) in [7, 11) is 0. The first-order valence-corrected chi connectivity index (χ1v) is 3.53. The highest BCUT2D eigenvalue weighted by molar-refractivity contribution is 5.58. The van der Waals surface area contributed by atoms with Crippen LogP contribution in [0, 0.1) is 5.92 Å². The number of nitrogens with one attached hydrogen (secondary N) is 1. The van der Waals surface area contributed by atoms with E-state index in [9.17, 15) is 0 Å². The Balaban J connectivity index is 3.04. The number of rotatable bonds is 4. The Morgan fingerprint density at radius 1 is 1.56 bits per heavy atom. The lowest BCUT2D eigenvalue weighted by molar-refractivity contribution is 0.710. The molecule has 0 aromatic rings. The second-order valence-electron chi connectivity index (χ2n) is 2.43. The summed E-state index contributed by atoms with van der Waals surface area (Å²) in [6.45, 7) is 7.31. The van der Waals surface area contributed by atoms with Crippen molar-refractivity contribution in [2.45, 2.75) is 27.2 Å². The monoisotopic (exact) mass is 128 g/mol. The van der Waals surface area contributed by atoms with Crippen molar-refractivity contribution < 1.29 is 0 Å². The number of nitrogens with zero attached hydrogens (tertiary/aromatic N) is 1.